The topological polar surface area (TPSA) is 62.2 Å². The van der Waals surface area contributed by atoms with E-state index in [-0.39, 0.29) is 11.7 Å². The van der Waals surface area contributed by atoms with E-state index in [0.29, 0.717) is 18.4 Å². The van der Waals surface area contributed by atoms with E-state index >= 15 is 0 Å². The molecule has 0 radical (unpaired) electrons. The molecule has 4 rings (SSSR count). The van der Waals surface area contributed by atoms with Gasteiger partial charge in [-0.3, -0.25) is 9.78 Å². The first-order chi connectivity index (χ1) is 14.2. The Morgan fingerprint density at radius 3 is 2.52 bits per heavy atom. The number of carbonyl (C=O) groups is 1. The van der Waals surface area contributed by atoms with Crippen molar-refractivity contribution < 1.29 is 9.90 Å². The fourth-order valence-corrected chi connectivity index (χ4v) is 3.59. The Balaban J connectivity index is 1.67. The monoisotopic (exact) mass is 382 g/mol. The Morgan fingerprint density at radius 1 is 0.931 bits per heavy atom. The smallest absolute Gasteiger partial charge is 0.221 e. The van der Waals surface area contributed by atoms with E-state index in [2.05, 4.69) is 10.3 Å². The van der Waals surface area contributed by atoms with Crippen LogP contribution in [0.5, 0.6) is 5.75 Å². The maximum Gasteiger partial charge on any atom is 0.221 e. The summed E-state index contributed by atoms with van der Waals surface area (Å²) >= 11 is 0. The average Bonchev–Trinajstić information content (AvgIpc) is 2.78. The first-order valence-corrected chi connectivity index (χ1v) is 9.66. The highest BCUT2D eigenvalue weighted by molar-refractivity contribution is 5.89. The van der Waals surface area contributed by atoms with Crippen molar-refractivity contribution in [3.8, 4) is 5.75 Å². The minimum Gasteiger partial charge on any atom is -0.508 e. The van der Waals surface area contributed by atoms with E-state index < -0.39 is 6.04 Å². The number of aromatic hydroxyl groups is 1. The quantitative estimate of drug-likeness (QED) is 0.504. The number of phenols is 1. The van der Waals surface area contributed by atoms with Crippen molar-refractivity contribution in [3.05, 3.63) is 108 Å². The van der Waals surface area contributed by atoms with Crippen LogP contribution in [0.1, 0.15) is 29.2 Å². The number of pyridine rings is 1. The molecule has 1 amide bonds. The van der Waals surface area contributed by atoms with Crippen molar-refractivity contribution in [1.82, 2.24) is 10.3 Å². The highest BCUT2D eigenvalue weighted by Crippen LogP contribution is 2.35. The second-order valence-electron chi connectivity index (χ2n) is 6.99. The molecular weight excluding hydrogens is 360 g/mol. The third-order valence-electron chi connectivity index (χ3n) is 5.04. The number of benzene rings is 3. The lowest BCUT2D eigenvalue weighted by molar-refractivity contribution is -0.121. The highest BCUT2D eigenvalue weighted by Gasteiger charge is 2.22. The molecule has 29 heavy (non-hydrogen) atoms. The van der Waals surface area contributed by atoms with Crippen LogP contribution < -0.4 is 5.32 Å². The summed E-state index contributed by atoms with van der Waals surface area (Å²) in [5.41, 5.74) is 2.66. The zero-order chi connectivity index (χ0) is 20.1. The molecule has 0 aliphatic heterocycles. The fraction of sp³-hybridized carbons (Fsp3) is 0.120. The van der Waals surface area contributed by atoms with E-state index in [1.54, 1.807) is 18.5 Å². The standard InChI is InChI=1S/C25H22N2O2/c28-22-14-13-19-8-4-5-11-21(19)24(22)25(20-9-2-1-3-10-20)27-23(29)15-12-18-7-6-16-26-17-18/h1-11,13-14,16-17,25,28H,12,15H2,(H,27,29). The third-order valence-corrected chi connectivity index (χ3v) is 5.04. The first kappa shape index (κ1) is 18.7. The van der Waals surface area contributed by atoms with Crippen molar-refractivity contribution in [2.45, 2.75) is 18.9 Å². The van der Waals surface area contributed by atoms with Gasteiger partial charge in [-0.1, -0.05) is 66.7 Å². The maximum atomic E-state index is 12.8. The number of aromatic nitrogens is 1. The van der Waals surface area contributed by atoms with E-state index in [1.807, 2.05) is 72.8 Å². The van der Waals surface area contributed by atoms with Crippen LogP contribution in [0.4, 0.5) is 0 Å². The highest BCUT2D eigenvalue weighted by atomic mass is 16.3. The van der Waals surface area contributed by atoms with Crippen LogP contribution in [-0.2, 0) is 11.2 Å². The maximum absolute atomic E-state index is 12.8. The lowest BCUT2D eigenvalue weighted by Crippen LogP contribution is -2.29. The van der Waals surface area contributed by atoms with Crippen molar-refractivity contribution >= 4 is 16.7 Å². The fourth-order valence-electron chi connectivity index (χ4n) is 3.59. The lowest BCUT2D eigenvalue weighted by atomic mass is 9.92. The molecule has 3 aromatic carbocycles. The predicted molar refractivity (Wildman–Crippen MR) is 115 cm³/mol. The molecule has 0 aliphatic rings. The molecule has 0 saturated heterocycles. The number of hydrogen-bond donors (Lipinski definition) is 2. The number of amides is 1. The molecule has 4 aromatic rings. The van der Waals surface area contributed by atoms with Gasteiger partial charge in [0.05, 0.1) is 6.04 Å². The zero-order valence-corrected chi connectivity index (χ0v) is 16.0. The van der Waals surface area contributed by atoms with Gasteiger partial charge in [-0.25, -0.2) is 0 Å². The summed E-state index contributed by atoms with van der Waals surface area (Å²) in [6.45, 7) is 0. The molecule has 0 fully saturated rings. The summed E-state index contributed by atoms with van der Waals surface area (Å²) in [6.07, 6.45) is 4.46. The van der Waals surface area contributed by atoms with Gasteiger partial charge in [0.1, 0.15) is 5.75 Å². The van der Waals surface area contributed by atoms with Crippen LogP contribution in [0.2, 0.25) is 0 Å². The van der Waals surface area contributed by atoms with E-state index in [0.717, 1.165) is 21.9 Å². The minimum atomic E-state index is -0.441. The van der Waals surface area contributed by atoms with Gasteiger partial charge in [0, 0.05) is 24.4 Å². The van der Waals surface area contributed by atoms with Crippen LogP contribution in [-0.4, -0.2) is 16.0 Å². The van der Waals surface area contributed by atoms with E-state index in [4.69, 9.17) is 0 Å². The van der Waals surface area contributed by atoms with Gasteiger partial charge in [0.25, 0.3) is 0 Å². The molecule has 1 aromatic heterocycles. The summed E-state index contributed by atoms with van der Waals surface area (Å²) in [7, 11) is 0. The number of nitrogens with zero attached hydrogens (tertiary/aromatic N) is 1. The minimum absolute atomic E-state index is 0.0740. The average molecular weight is 382 g/mol. The largest absolute Gasteiger partial charge is 0.508 e. The lowest BCUT2D eigenvalue weighted by Gasteiger charge is -2.22. The molecule has 1 heterocycles. The summed E-state index contributed by atoms with van der Waals surface area (Å²) < 4.78 is 0. The van der Waals surface area contributed by atoms with Gasteiger partial charge in [-0.05, 0) is 40.5 Å². The van der Waals surface area contributed by atoms with Crippen LogP contribution >= 0.6 is 0 Å². The third kappa shape index (κ3) is 4.27. The summed E-state index contributed by atoms with van der Waals surface area (Å²) in [5.74, 6) is 0.0974. The normalized spacial score (nSPS) is 11.9. The molecule has 1 unspecified atom stereocenters. The first-order valence-electron chi connectivity index (χ1n) is 9.66. The van der Waals surface area contributed by atoms with Crippen LogP contribution in [0.15, 0.2) is 91.3 Å². The van der Waals surface area contributed by atoms with Crippen molar-refractivity contribution in [3.63, 3.8) is 0 Å². The Kier molecular flexibility index (Phi) is 5.52. The van der Waals surface area contributed by atoms with Crippen LogP contribution in [0.25, 0.3) is 10.8 Å². The van der Waals surface area contributed by atoms with Gasteiger partial charge in [-0.15, -0.1) is 0 Å². The molecule has 0 aliphatic carbocycles. The van der Waals surface area contributed by atoms with E-state index in [1.165, 1.54) is 0 Å². The predicted octanol–water partition coefficient (Wildman–Crippen LogP) is 4.78. The SMILES string of the molecule is O=C(CCc1cccnc1)NC(c1ccccc1)c1c(O)ccc2ccccc12. The Hall–Kier alpha value is -3.66. The molecular formula is C25H22N2O2. The summed E-state index contributed by atoms with van der Waals surface area (Å²) in [4.78, 5) is 16.9. The molecule has 0 bridgehead atoms. The second-order valence-corrected chi connectivity index (χ2v) is 6.99. The van der Waals surface area contributed by atoms with Crippen molar-refractivity contribution in [1.29, 1.82) is 0 Å². The second kappa shape index (κ2) is 8.57. The number of aryl methyl sites for hydroxylation is 1. The van der Waals surface area contributed by atoms with Crippen molar-refractivity contribution in [2.24, 2.45) is 0 Å². The Labute approximate surface area is 169 Å². The van der Waals surface area contributed by atoms with Gasteiger partial charge < -0.3 is 10.4 Å². The number of fused-ring (bicyclic) bond motifs is 1. The van der Waals surface area contributed by atoms with Gasteiger partial charge in [0.15, 0.2) is 0 Å². The van der Waals surface area contributed by atoms with Gasteiger partial charge >= 0.3 is 0 Å². The number of hydrogen-bond acceptors (Lipinski definition) is 3. The van der Waals surface area contributed by atoms with Crippen LogP contribution in [0.3, 0.4) is 0 Å². The summed E-state index contributed by atoms with van der Waals surface area (Å²) in [6, 6.07) is 24.6. The molecule has 4 heteroatoms. The Morgan fingerprint density at radius 2 is 1.72 bits per heavy atom. The van der Waals surface area contributed by atoms with Crippen LogP contribution in [0, 0.1) is 0 Å². The van der Waals surface area contributed by atoms with Gasteiger partial charge in [0.2, 0.25) is 5.91 Å². The van der Waals surface area contributed by atoms with Gasteiger partial charge in [-0.2, -0.15) is 0 Å². The zero-order valence-electron chi connectivity index (χ0n) is 16.0. The molecule has 4 nitrogen and oxygen atoms in total. The molecule has 144 valence electrons. The number of rotatable bonds is 6. The number of carbonyl (C=O) groups excluding carboxylic acids is 1. The van der Waals surface area contributed by atoms with Crippen molar-refractivity contribution in [2.75, 3.05) is 0 Å². The van der Waals surface area contributed by atoms with E-state index in [9.17, 15) is 9.90 Å². The molecule has 1 atom stereocenters. The number of nitrogens with one attached hydrogen (secondary N) is 1. The molecule has 0 spiro atoms. The molecule has 0 saturated carbocycles. The Bertz CT molecular complexity index is 1110. The number of phenolic OH excluding ortho intramolecular Hbond substituents is 1. The summed E-state index contributed by atoms with van der Waals surface area (Å²) in [5, 5.41) is 15.8. The molecule has 2 N–H and O–H groups in total.